The van der Waals surface area contributed by atoms with E-state index < -0.39 is 0 Å². The van der Waals surface area contributed by atoms with Crippen molar-refractivity contribution in [2.75, 3.05) is 39.3 Å². The van der Waals surface area contributed by atoms with Gasteiger partial charge in [-0.05, 0) is 37.6 Å². The molecule has 1 aliphatic heterocycles. The van der Waals surface area contributed by atoms with Gasteiger partial charge in [-0.1, -0.05) is 137 Å². The molecule has 204 valence electrons. The maximum absolute atomic E-state index is 2.81. The highest BCUT2D eigenvalue weighted by atomic mass is 15.3. The maximum atomic E-state index is 2.81. The number of unbranched alkanes of at least 4 members (excludes halogenated alkanes) is 10. The standard InChI is InChI=1S/C32H66N2/c1-5-9-13-16-21-31(20-12-8-4)22-18-19-25-33-26-28-34(29-27-33)30-32(23-15-11-7-3)24-17-14-10-6-2/h31-32H,5-30H2,1-4H3. The Labute approximate surface area is 217 Å². The van der Waals surface area contributed by atoms with Crippen LogP contribution >= 0.6 is 0 Å². The second-order valence-corrected chi connectivity index (χ2v) is 11.7. The minimum absolute atomic E-state index is 0.951. The molecule has 0 amide bonds. The number of nitrogens with zero attached hydrogens (tertiary/aromatic N) is 2. The maximum Gasteiger partial charge on any atom is 0.0110 e. The third kappa shape index (κ3) is 17.4. The number of piperazine rings is 1. The van der Waals surface area contributed by atoms with Crippen LogP contribution in [0.25, 0.3) is 0 Å². The molecule has 0 aromatic heterocycles. The minimum Gasteiger partial charge on any atom is -0.301 e. The summed E-state index contributed by atoms with van der Waals surface area (Å²) in [7, 11) is 0. The molecular weight excluding hydrogens is 412 g/mol. The summed E-state index contributed by atoms with van der Waals surface area (Å²) in [6.45, 7) is 17.3. The Bertz CT molecular complexity index is 402. The Morgan fingerprint density at radius 3 is 1.38 bits per heavy atom. The SMILES string of the molecule is CCCCCCC(CCCC)CCCCN1CCN(CC(CCCCC)CCCCCC)CC1. The largest absolute Gasteiger partial charge is 0.301 e. The second kappa shape index (κ2) is 23.3. The zero-order valence-electron chi connectivity index (χ0n) is 24.4. The molecule has 2 atom stereocenters. The van der Waals surface area contributed by atoms with E-state index >= 15 is 0 Å². The Balaban J connectivity index is 2.22. The highest BCUT2D eigenvalue weighted by Gasteiger charge is 2.20. The fourth-order valence-corrected chi connectivity index (χ4v) is 5.98. The monoisotopic (exact) mass is 479 g/mol. The molecule has 0 N–H and O–H groups in total. The van der Waals surface area contributed by atoms with Gasteiger partial charge in [-0.3, -0.25) is 0 Å². The summed E-state index contributed by atoms with van der Waals surface area (Å²) >= 11 is 0. The molecular formula is C32H66N2. The summed E-state index contributed by atoms with van der Waals surface area (Å²) in [5, 5.41) is 0. The van der Waals surface area contributed by atoms with E-state index in [1.807, 2.05) is 0 Å². The van der Waals surface area contributed by atoms with Crippen molar-refractivity contribution in [3.63, 3.8) is 0 Å². The molecule has 1 heterocycles. The van der Waals surface area contributed by atoms with Crippen LogP contribution in [0.3, 0.4) is 0 Å². The first kappa shape index (κ1) is 31.9. The predicted octanol–water partition coefficient (Wildman–Crippen LogP) is 9.72. The smallest absolute Gasteiger partial charge is 0.0110 e. The quantitative estimate of drug-likeness (QED) is 0.127. The van der Waals surface area contributed by atoms with Crippen LogP contribution in [0.2, 0.25) is 0 Å². The van der Waals surface area contributed by atoms with E-state index in [1.54, 1.807) is 0 Å². The van der Waals surface area contributed by atoms with Gasteiger partial charge >= 0.3 is 0 Å². The normalized spacial score (nSPS) is 17.3. The van der Waals surface area contributed by atoms with Gasteiger partial charge in [0.15, 0.2) is 0 Å². The lowest BCUT2D eigenvalue weighted by atomic mass is 9.90. The first-order valence-electron chi connectivity index (χ1n) is 16.2. The van der Waals surface area contributed by atoms with Crippen LogP contribution < -0.4 is 0 Å². The first-order valence-corrected chi connectivity index (χ1v) is 16.2. The molecule has 0 radical (unpaired) electrons. The fourth-order valence-electron chi connectivity index (χ4n) is 5.98. The summed E-state index contributed by atoms with van der Waals surface area (Å²) < 4.78 is 0. The van der Waals surface area contributed by atoms with E-state index in [4.69, 9.17) is 0 Å². The van der Waals surface area contributed by atoms with Crippen molar-refractivity contribution in [3.8, 4) is 0 Å². The molecule has 34 heavy (non-hydrogen) atoms. The van der Waals surface area contributed by atoms with Gasteiger partial charge in [0.25, 0.3) is 0 Å². The molecule has 0 aromatic carbocycles. The average Bonchev–Trinajstić information content (AvgIpc) is 2.85. The van der Waals surface area contributed by atoms with Crippen LogP contribution in [-0.2, 0) is 0 Å². The van der Waals surface area contributed by atoms with Gasteiger partial charge < -0.3 is 9.80 Å². The third-order valence-electron chi connectivity index (χ3n) is 8.43. The van der Waals surface area contributed by atoms with E-state index in [0.717, 1.165) is 11.8 Å². The van der Waals surface area contributed by atoms with Gasteiger partial charge in [-0.25, -0.2) is 0 Å². The van der Waals surface area contributed by atoms with E-state index in [2.05, 4.69) is 37.5 Å². The molecule has 1 aliphatic rings. The molecule has 2 nitrogen and oxygen atoms in total. The van der Waals surface area contributed by atoms with E-state index in [9.17, 15) is 0 Å². The summed E-state index contributed by atoms with van der Waals surface area (Å²) in [6.07, 6.45) is 28.8. The molecule has 0 spiro atoms. The Hall–Kier alpha value is -0.0800. The lowest BCUT2D eigenvalue weighted by molar-refractivity contribution is 0.111. The Morgan fingerprint density at radius 2 is 0.824 bits per heavy atom. The van der Waals surface area contributed by atoms with Gasteiger partial charge in [-0.15, -0.1) is 0 Å². The summed E-state index contributed by atoms with van der Waals surface area (Å²) in [5.41, 5.74) is 0. The molecule has 0 aromatic rings. The Morgan fingerprint density at radius 1 is 0.412 bits per heavy atom. The van der Waals surface area contributed by atoms with Crippen molar-refractivity contribution in [2.45, 2.75) is 156 Å². The van der Waals surface area contributed by atoms with Gasteiger partial charge in [0.1, 0.15) is 0 Å². The molecule has 2 heteroatoms. The van der Waals surface area contributed by atoms with Gasteiger partial charge in [-0.2, -0.15) is 0 Å². The van der Waals surface area contributed by atoms with Gasteiger partial charge in [0, 0.05) is 32.7 Å². The van der Waals surface area contributed by atoms with Crippen molar-refractivity contribution in [3.05, 3.63) is 0 Å². The second-order valence-electron chi connectivity index (χ2n) is 11.7. The minimum atomic E-state index is 0.951. The van der Waals surface area contributed by atoms with Crippen molar-refractivity contribution in [2.24, 2.45) is 11.8 Å². The Kier molecular flexibility index (Phi) is 21.9. The molecule has 0 saturated carbocycles. The predicted molar refractivity (Wildman–Crippen MR) is 155 cm³/mol. The number of hydrogen-bond donors (Lipinski definition) is 0. The highest BCUT2D eigenvalue weighted by molar-refractivity contribution is 4.75. The zero-order valence-corrected chi connectivity index (χ0v) is 24.4. The van der Waals surface area contributed by atoms with Crippen LogP contribution in [0.4, 0.5) is 0 Å². The van der Waals surface area contributed by atoms with Crippen molar-refractivity contribution >= 4 is 0 Å². The van der Waals surface area contributed by atoms with E-state index in [-0.39, 0.29) is 0 Å². The molecule has 1 saturated heterocycles. The molecule has 1 rings (SSSR count). The summed E-state index contributed by atoms with van der Waals surface area (Å²) in [4.78, 5) is 5.58. The molecule has 2 unspecified atom stereocenters. The van der Waals surface area contributed by atoms with Crippen LogP contribution in [-0.4, -0.2) is 49.1 Å². The topological polar surface area (TPSA) is 6.48 Å². The molecule has 0 aliphatic carbocycles. The summed E-state index contributed by atoms with van der Waals surface area (Å²) in [5.74, 6) is 1.96. The summed E-state index contributed by atoms with van der Waals surface area (Å²) in [6, 6.07) is 0. The van der Waals surface area contributed by atoms with Crippen LogP contribution in [0, 0.1) is 11.8 Å². The number of rotatable bonds is 24. The highest BCUT2D eigenvalue weighted by Crippen LogP contribution is 2.23. The average molecular weight is 479 g/mol. The molecule has 0 bridgehead atoms. The van der Waals surface area contributed by atoms with Crippen molar-refractivity contribution < 1.29 is 0 Å². The molecule has 1 fully saturated rings. The lowest BCUT2D eigenvalue weighted by Crippen LogP contribution is -2.47. The van der Waals surface area contributed by atoms with E-state index in [1.165, 1.54) is 168 Å². The lowest BCUT2D eigenvalue weighted by Gasteiger charge is -2.36. The fraction of sp³-hybridized carbons (Fsp3) is 1.00. The van der Waals surface area contributed by atoms with Crippen LogP contribution in [0.5, 0.6) is 0 Å². The van der Waals surface area contributed by atoms with E-state index in [0.29, 0.717) is 0 Å². The zero-order chi connectivity index (χ0) is 24.7. The first-order chi connectivity index (χ1) is 16.7. The van der Waals surface area contributed by atoms with Gasteiger partial charge in [0.2, 0.25) is 0 Å². The van der Waals surface area contributed by atoms with Crippen molar-refractivity contribution in [1.82, 2.24) is 9.80 Å². The van der Waals surface area contributed by atoms with Crippen molar-refractivity contribution in [1.29, 1.82) is 0 Å². The van der Waals surface area contributed by atoms with Crippen LogP contribution in [0.15, 0.2) is 0 Å². The van der Waals surface area contributed by atoms with Gasteiger partial charge in [0.05, 0.1) is 0 Å². The third-order valence-corrected chi connectivity index (χ3v) is 8.43. The van der Waals surface area contributed by atoms with Crippen LogP contribution in [0.1, 0.15) is 156 Å². The number of hydrogen-bond acceptors (Lipinski definition) is 2.